The van der Waals surface area contributed by atoms with Gasteiger partial charge in [0.05, 0.1) is 0 Å². The van der Waals surface area contributed by atoms with Crippen LogP contribution in [0.5, 0.6) is 0 Å². The molecule has 0 aliphatic carbocycles. The molecule has 13 heavy (non-hydrogen) atoms. The molecule has 2 rings (SSSR count). The summed E-state index contributed by atoms with van der Waals surface area (Å²) >= 11 is 0. The Morgan fingerprint density at radius 2 is 2.15 bits per heavy atom. The number of hydrogen-bond donors (Lipinski definition) is 1. The van der Waals surface area contributed by atoms with Crippen LogP contribution in [0.1, 0.15) is 31.3 Å². The number of aryl methyl sites for hydroxylation is 1. The first-order chi connectivity index (χ1) is 6.16. The van der Waals surface area contributed by atoms with Gasteiger partial charge in [0, 0.05) is 17.3 Å². The van der Waals surface area contributed by atoms with E-state index in [-0.39, 0.29) is 0 Å². The van der Waals surface area contributed by atoms with Crippen LogP contribution in [0.3, 0.4) is 0 Å². The molecule has 3 nitrogen and oxygen atoms in total. The number of hydrogen-bond acceptors (Lipinski definition) is 2. The molecule has 0 spiro atoms. The first-order valence-electron chi connectivity index (χ1n) is 4.49. The summed E-state index contributed by atoms with van der Waals surface area (Å²) in [6.45, 7) is 6.21. The zero-order valence-electron chi connectivity index (χ0n) is 8.13. The van der Waals surface area contributed by atoms with Gasteiger partial charge in [-0.2, -0.15) is 0 Å². The molecule has 0 saturated heterocycles. The van der Waals surface area contributed by atoms with Crippen LogP contribution < -0.4 is 0 Å². The molecule has 0 fully saturated rings. The van der Waals surface area contributed by atoms with Gasteiger partial charge in [-0.3, -0.25) is 0 Å². The highest BCUT2D eigenvalue weighted by Gasteiger charge is 2.05. The van der Waals surface area contributed by atoms with Crippen LogP contribution in [0.25, 0.3) is 11.0 Å². The van der Waals surface area contributed by atoms with Crippen molar-refractivity contribution < 1.29 is 0 Å². The van der Waals surface area contributed by atoms with Gasteiger partial charge in [-0.05, 0) is 18.9 Å². The second-order valence-electron chi connectivity index (χ2n) is 3.60. The Morgan fingerprint density at radius 3 is 2.85 bits per heavy atom. The van der Waals surface area contributed by atoms with Gasteiger partial charge in [0.25, 0.3) is 0 Å². The molecule has 0 aliphatic rings. The summed E-state index contributed by atoms with van der Waals surface area (Å²) in [5.41, 5.74) is 2.16. The zero-order chi connectivity index (χ0) is 9.42. The van der Waals surface area contributed by atoms with E-state index in [0.29, 0.717) is 5.92 Å². The molecule has 0 unspecified atom stereocenters. The Morgan fingerprint density at radius 1 is 1.38 bits per heavy atom. The number of aromatic nitrogens is 3. The normalized spacial score (nSPS) is 11.4. The summed E-state index contributed by atoms with van der Waals surface area (Å²) in [4.78, 5) is 11.7. The first-order valence-corrected chi connectivity index (χ1v) is 4.49. The minimum atomic E-state index is 0.509. The molecule has 68 valence electrons. The smallest absolute Gasteiger partial charge is 0.141 e. The molecule has 0 atom stereocenters. The van der Waals surface area contributed by atoms with Gasteiger partial charge in [-0.25, -0.2) is 9.97 Å². The topological polar surface area (TPSA) is 41.6 Å². The van der Waals surface area contributed by atoms with E-state index in [9.17, 15) is 0 Å². The maximum atomic E-state index is 4.31. The predicted molar refractivity (Wildman–Crippen MR) is 52.7 cm³/mol. The van der Waals surface area contributed by atoms with Crippen LogP contribution in [-0.2, 0) is 0 Å². The van der Waals surface area contributed by atoms with Crippen LogP contribution in [0.15, 0.2) is 12.3 Å². The number of fused-ring (bicyclic) bond motifs is 1. The quantitative estimate of drug-likeness (QED) is 0.723. The minimum absolute atomic E-state index is 0.509. The molecule has 0 bridgehead atoms. The third-order valence-electron chi connectivity index (χ3n) is 2.13. The van der Waals surface area contributed by atoms with Crippen molar-refractivity contribution in [1.29, 1.82) is 0 Å². The van der Waals surface area contributed by atoms with E-state index in [2.05, 4.69) is 34.9 Å². The largest absolute Gasteiger partial charge is 0.343 e. The summed E-state index contributed by atoms with van der Waals surface area (Å²) in [5, 5.41) is 1.09. The average Bonchev–Trinajstić information content (AvgIpc) is 2.46. The van der Waals surface area contributed by atoms with E-state index in [0.717, 1.165) is 16.9 Å². The highest BCUT2D eigenvalue weighted by atomic mass is 14.9. The summed E-state index contributed by atoms with van der Waals surface area (Å²) in [6, 6.07) is 2.11. The number of aromatic amines is 1. The number of H-pyrrole nitrogens is 1. The first kappa shape index (κ1) is 8.23. The third kappa shape index (κ3) is 1.41. The molecule has 2 aromatic rings. The fraction of sp³-hybridized carbons (Fsp3) is 0.400. The SMILES string of the molecule is Cc1ncc2cc(C(C)C)[nH]c2n1. The molecule has 2 aromatic heterocycles. The fourth-order valence-corrected chi connectivity index (χ4v) is 1.34. The lowest BCUT2D eigenvalue weighted by Gasteiger charge is -1.97. The average molecular weight is 175 g/mol. The summed E-state index contributed by atoms with van der Waals surface area (Å²) in [5.74, 6) is 1.32. The van der Waals surface area contributed by atoms with Crippen molar-refractivity contribution in [3.8, 4) is 0 Å². The van der Waals surface area contributed by atoms with Gasteiger partial charge in [-0.1, -0.05) is 13.8 Å². The highest BCUT2D eigenvalue weighted by Crippen LogP contribution is 2.18. The Hall–Kier alpha value is -1.38. The van der Waals surface area contributed by atoms with Crippen molar-refractivity contribution in [3.63, 3.8) is 0 Å². The monoisotopic (exact) mass is 175 g/mol. The second kappa shape index (κ2) is 2.83. The maximum Gasteiger partial charge on any atom is 0.141 e. The van der Waals surface area contributed by atoms with Gasteiger partial charge >= 0.3 is 0 Å². The molecule has 0 saturated carbocycles. The molecular weight excluding hydrogens is 162 g/mol. The Kier molecular flexibility index (Phi) is 1.79. The van der Waals surface area contributed by atoms with E-state index in [1.807, 2.05) is 13.1 Å². The zero-order valence-corrected chi connectivity index (χ0v) is 8.13. The molecule has 0 aromatic carbocycles. The highest BCUT2D eigenvalue weighted by molar-refractivity contribution is 5.75. The van der Waals surface area contributed by atoms with Crippen LogP contribution in [0.4, 0.5) is 0 Å². The number of nitrogens with one attached hydrogen (secondary N) is 1. The fourth-order valence-electron chi connectivity index (χ4n) is 1.34. The van der Waals surface area contributed by atoms with Crippen LogP contribution in [0.2, 0.25) is 0 Å². The van der Waals surface area contributed by atoms with E-state index >= 15 is 0 Å². The Balaban J connectivity index is 2.62. The van der Waals surface area contributed by atoms with Crippen molar-refractivity contribution in [2.24, 2.45) is 0 Å². The maximum absolute atomic E-state index is 4.31. The Bertz CT molecular complexity index is 429. The van der Waals surface area contributed by atoms with Gasteiger partial charge in [0.15, 0.2) is 0 Å². The van der Waals surface area contributed by atoms with Crippen molar-refractivity contribution in [2.75, 3.05) is 0 Å². The molecule has 3 heteroatoms. The predicted octanol–water partition coefficient (Wildman–Crippen LogP) is 2.39. The van der Waals surface area contributed by atoms with E-state index in [4.69, 9.17) is 0 Å². The van der Waals surface area contributed by atoms with Gasteiger partial charge in [0.1, 0.15) is 11.5 Å². The molecule has 0 radical (unpaired) electrons. The van der Waals surface area contributed by atoms with Crippen LogP contribution in [-0.4, -0.2) is 15.0 Å². The van der Waals surface area contributed by atoms with Crippen molar-refractivity contribution in [2.45, 2.75) is 26.7 Å². The standard InChI is InChI=1S/C10H13N3/c1-6(2)9-4-8-5-11-7(3)12-10(8)13-9/h4-6H,1-3H3,(H,11,12,13). The van der Waals surface area contributed by atoms with Gasteiger partial charge in [0.2, 0.25) is 0 Å². The lowest BCUT2D eigenvalue weighted by molar-refractivity contribution is 0.835. The number of nitrogens with zero attached hydrogens (tertiary/aromatic N) is 2. The second-order valence-corrected chi connectivity index (χ2v) is 3.60. The van der Waals surface area contributed by atoms with Crippen molar-refractivity contribution in [3.05, 3.63) is 23.8 Å². The molecule has 1 N–H and O–H groups in total. The summed E-state index contributed by atoms with van der Waals surface area (Å²) in [7, 11) is 0. The van der Waals surface area contributed by atoms with Gasteiger partial charge in [-0.15, -0.1) is 0 Å². The number of rotatable bonds is 1. The molecule has 0 amide bonds. The van der Waals surface area contributed by atoms with Crippen LogP contribution >= 0.6 is 0 Å². The van der Waals surface area contributed by atoms with Crippen LogP contribution in [0, 0.1) is 6.92 Å². The third-order valence-corrected chi connectivity index (χ3v) is 2.13. The summed E-state index contributed by atoms with van der Waals surface area (Å²) in [6.07, 6.45) is 1.86. The van der Waals surface area contributed by atoms with E-state index < -0.39 is 0 Å². The molecule has 2 heterocycles. The lowest BCUT2D eigenvalue weighted by atomic mass is 10.1. The lowest BCUT2D eigenvalue weighted by Crippen LogP contribution is -1.87. The van der Waals surface area contributed by atoms with Crippen molar-refractivity contribution in [1.82, 2.24) is 15.0 Å². The molecule has 0 aliphatic heterocycles. The summed E-state index contributed by atoms with van der Waals surface area (Å²) < 4.78 is 0. The van der Waals surface area contributed by atoms with E-state index in [1.54, 1.807) is 0 Å². The van der Waals surface area contributed by atoms with Crippen molar-refractivity contribution >= 4 is 11.0 Å². The minimum Gasteiger partial charge on any atom is -0.343 e. The van der Waals surface area contributed by atoms with Gasteiger partial charge < -0.3 is 4.98 Å². The molecular formula is C10H13N3. The Labute approximate surface area is 77.2 Å². The van der Waals surface area contributed by atoms with E-state index in [1.165, 1.54) is 5.69 Å².